The molecule has 0 fully saturated rings. The molecule has 0 aliphatic carbocycles. The summed E-state index contributed by atoms with van der Waals surface area (Å²) in [7, 11) is 0. The van der Waals surface area contributed by atoms with E-state index >= 15 is 0 Å². The summed E-state index contributed by atoms with van der Waals surface area (Å²) in [4.78, 5) is 17.0. The lowest BCUT2D eigenvalue weighted by Gasteiger charge is -2.15. The molecule has 2 heterocycles. The van der Waals surface area contributed by atoms with Crippen LogP contribution in [0, 0.1) is 0 Å². The average molecular weight is 436 g/mol. The number of rotatable bonds is 5. The quantitative estimate of drug-likeness (QED) is 0.367. The molecule has 4 nitrogen and oxygen atoms in total. The van der Waals surface area contributed by atoms with E-state index in [2.05, 4.69) is 4.98 Å². The van der Waals surface area contributed by atoms with Crippen molar-refractivity contribution in [1.29, 1.82) is 0 Å². The van der Waals surface area contributed by atoms with Crippen LogP contribution in [0.3, 0.4) is 0 Å². The predicted octanol–water partition coefficient (Wildman–Crippen LogP) is 6.33. The van der Waals surface area contributed by atoms with Crippen molar-refractivity contribution >= 4 is 0 Å². The summed E-state index contributed by atoms with van der Waals surface area (Å²) in [6, 6.07) is 20.2. The highest BCUT2D eigenvalue weighted by Gasteiger charge is 2.30. The normalized spacial score (nSPS) is 12.4. The largest absolute Gasteiger partial charge is 0.457 e. The summed E-state index contributed by atoms with van der Waals surface area (Å²) < 4.78 is 45.5. The minimum absolute atomic E-state index is 0.172. The second kappa shape index (κ2) is 8.70. The lowest BCUT2D eigenvalue weighted by molar-refractivity contribution is -0.137. The van der Waals surface area contributed by atoms with E-state index in [-0.39, 0.29) is 17.4 Å². The van der Waals surface area contributed by atoms with Gasteiger partial charge in [-0.25, -0.2) is 0 Å². The molecule has 4 rings (SSSR count). The SMILES string of the molecule is CC(c1ccccn1)n1ccc(-c2cccc(Oc3ccc(C(F)(F)F)cc3)c2)cc1=O. The highest BCUT2D eigenvalue weighted by molar-refractivity contribution is 5.64. The Bertz CT molecular complexity index is 1270. The molecule has 1 atom stereocenters. The molecule has 0 saturated heterocycles. The van der Waals surface area contributed by atoms with Crippen LogP contribution in [0.4, 0.5) is 13.2 Å². The van der Waals surface area contributed by atoms with Crippen LogP contribution in [0.2, 0.25) is 0 Å². The first-order valence-corrected chi connectivity index (χ1v) is 9.90. The molecule has 2 aromatic carbocycles. The summed E-state index contributed by atoms with van der Waals surface area (Å²) in [5, 5.41) is 0. The summed E-state index contributed by atoms with van der Waals surface area (Å²) in [5.74, 6) is 0.739. The van der Waals surface area contributed by atoms with E-state index in [0.717, 1.165) is 23.4 Å². The number of ether oxygens (including phenoxy) is 1. The third kappa shape index (κ3) is 4.72. The van der Waals surface area contributed by atoms with Gasteiger partial charge in [-0.15, -0.1) is 0 Å². The van der Waals surface area contributed by atoms with Gasteiger partial charge in [0.25, 0.3) is 5.56 Å². The zero-order valence-electron chi connectivity index (χ0n) is 17.1. The van der Waals surface area contributed by atoms with Crippen molar-refractivity contribution in [1.82, 2.24) is 9.55 Å². The van der Waals surface area contributed by atoms with Gasteiger partial charge < -0.3 is 9.30 Å². The monoisotopic (exact) mass is 436 g/mol. The van der Waals surface area contributed by atoms with Gasteiger partial charge in [-0.05, 0) is 72.6 Å². The molecule has 2 aromatic heterocycles. The Balaban J connectivity index is 1.55. The summed E-state index contributed by atoms with van der Waals surface area (Å²) >= 11 is 0. The molecule has 0 aliphatic rings. The molecule has 0 radical (unpaired) electrons. The predicted molar refractivity (Wildman–Crippen MR) is 116 cm³/mol. The fourth-order valence-corrected chi connectivity index (χ4v) is 3.34. The third-order valence-electron chi connectivity index (χ3n) is 5.07. The molecule has 7 heteroatoms. The van der Waals surface area contributed by atoms with Gasteiger partial charge in [-0.3, -0.25) is 9.78 Å². The van der Waals surface area contributed by atoms with E-state index in [1.807, 2.05) is 37.3 Å². The lowest BCUT2D eigenvalue weighted by Crippen LogP contribution is -2.23. The van der Waals surface area contributed by atoms with E-state index in [4.69, 9.17) is 4.74 Å². The molecule has 4 aromatic rings. The van der Waals surface area contributed by atoms with Crippen LogP contribution >= 0.6 is 0 Å². The van der Waals surface area contributed by atoms with Gasteiger partial charge in [0.1, 0.15) is 11.5 Å². The maximum absolute atomic E-state index is 12.7. The first-order chi connectivity index (χ1) is 15.3. The number of nitrogens with zero attached hydrogens (tertiary/aromatic N) is 2. The van der Waals surface area contributed by atoms with E-state index in [1.54, 1.807) is 35.2 Å². The molecular weight excluding hydrogens is 417 g/mol. The molecular formula is C25H19F3N2O2. The Hall–Kier alpha value is -3.87. The van der Waals surface area contributed by atoms with E-state index < -0.39 is 11.7 Å². The Morgan fingerprint density at radius 2 is 1.62 bits per heavy atom. The van der Waals surface area contributed by atoms with Gasteiger partial charge in [0, 0.05) is 18.5 Å². The second-order valence-electron chi connectivity index (χ2n) is 7.24. The van der Waals surface area contributed by atoms with Crippen LogP contribution in [-0.4, -0.2) is 9.55 Å². The number of halogens is 3. The van der Waals surface area contributed by atoms with Crippen LogP contribution in [0.5, 0.6) is 11.5 Å². The fraction of sp³-hybridized carbons (Fsp3) is 0.120. The molecule has 162 valence electrons. The zero-order chi connectivity index (χ0) is 22.7. The van der Waals surface area contributed by atoms with Gasteiger partial charge >= 0.3 is 6.18 Å². The van der Waals surface area contributed by atoms with Gasteiger partial charge in [-0.1, -0.05) is 18.2 Å². The van der Waals surface area contributed by atoms with Gasteiger partial charge in [0.15, 0.2) is 0 Å². The molecule has 0 saturated carbocycles. The first kappa shape index (κ1) is 21.4. The smallest absolute Gasteiger partial charge is 0.416 e. The zero-order valence-corrected chi connectivity index (χ0v) is 17.1. The molecule has 0 spiro atoms. The van der Waals surface area contributed by atoms with E-state index in [9.17, 15) is 18.0 Å². The van der Waals surface area contributed by atoms with Crippen molar-refractivity contribution < 1.29 is 17.9 Å². The second-order valence-corrected chi connectivity index (χ2v) is 7.24. The molecule has 0 aliphatic heterocycles. The van der Waals surface area contributed by atoms with Crippen molar-refractivity contribution in [2.45, 2.75) is 19.1 Å². The minimum Gasteiger partial charge on any atom is -0.457 e. The summed E-state index contributed by atoms with van der Waals surface area (Å²) in [6.45, 7) is 1.90. The Morgan fingerprint density at radius 1 is 0.875 bits per heavy atom. The minimum atomic E-state index is -4.40. The number of hydrogen-bond acceptors (Lipinski definition) is 3. The number of aromatic nitrogens is 2. The van der Waals surface area contributed by atoms with Gasteiger partial charge in [0.2, 0.25) is 0 Å². The van der Waals surface area contributed by atoms with Crippen molar-refractivity contribution in [3.8, 4) is 22.6 Å². The van der Waals surface area contributed by atoms with Crippen molar-refractivity contribution in [2.24, 2.45) is 0 Å². The topological polar surface area (TPSA) is 44.1 Å². The number of alkyl halides is 3. The summed E-state index contributed by atoms with van der Waals surface area (Å²) in [6.07, 6.45) is -0.986. The van der Waals surface area contributed by atoms with Gasteiger partial charge in [-0.2, -0.15) is 13.2 Å². The molecule has 0 bridgehead atoms. The molecule has 0 amide bonds. The molecule has 32 heavy (non-hydrogen) atoms. The van der Waals surface area contributed by atoms with Crippen molar-refractivity contribution in [3.63, 3.8) is 0 Å². The maximum atomic E-state index is 12.7. The highest BCUT2D eigenvalue weighted by Crippen LogP contribution is 2.32. The molecule has 0 N–H and O–H groups in total. The average Bonchev–Trinajstić information content (AvgIpc) is 2.79. The fourth-order valence-electron chi connectivity index (χ4n) is 3.34. The van der Waals surface area contributed by atoms with E-state index in [1.165, 1.54) is 18.2 Å². The van der Waals surface area contributed by atoms with Crippen molar-refractivity contribution in [3.05, 3.63) is 113 Å². The standard InChI is InChI=1S/C25H19F3N2O2/c1-17(23-7-2-3-13-29-23)30-14-12-19(16-24(30)31)18-5-4-6-22(15-18)32-21-10-8-20(9-11-21)25(26,27)28/h2-17H,1H3. The van der Waals surface area contributed by atoms with Crippen molar-refractivity contribution in [2.75, 3.05) is 0 Å². The van der Waals surface area contributed by atoms with Crippen LogP contribution in [0.15, 0.2) is 96.1 Å². The summed E-state index contributed by atoms with van der Waals surface area (Å²) in [5.41, 5.74) is 1.34. The van der Waals surface area contributed by atoms with Gasteiger partial charge in [0.05, 0.1) is 17.3 Å². The number of hydrogen-bond donors (Lipinski definition) is 0. The number of pyridine rings is 2. The number of benzene rings is 2. The van der Waals surface area contributed by atoms with Crippen LogP contribution in [0.1, 0.15) is 24.2 Å². The molecule has 1 unspecified atom stereocenters. The van der Waals surface area contributed by atoms with Crippen LogP contribution < -0.4 is 10.3 Å². The third-order valence-corrected chi connectivity index (χ3v) is 5.07. The van der Waals surface area contributed by atoms with E-state index in [0.29, 0.717) is 11.3 Å². The maximum Gasteiger partial charge on any atom is 0.416 e. The van der Waals surface area contributed by atoms with Crippen LogP contribution in [0.25, 0.3) is 11.1 Å². The van der Waals surface area contributed by atoms with Crippen LogP contribution in [-0.2, 0) is 6.18 Å². The lowest BCUT2D eigenvalue weighted by atomic mass is 10.1. The Labute approximate surface area is 182 Å². The Morgan fingerprint density at radius 3 is 2.28 bits per heavy atom. The Kier molecular flexibility index (Phi) is 5.81. The first-order valence-electron chi connectivity index (χ1n) is 9.90. The highest BCUT2D eigenvalue weighted by atomic mass is 19.4.